The van der Waals surface area contributed by atoms with Gasteiger partial charge in [0, 0.05) is 24.7 Å². The molecule has 0 aliphatic carbocycles. The Labute approximate surface area is 103 Å². The van der Waals surface area contributed by atoms with Crippen molar-refractivity contribution in [3.63, 3.8) is 0 Å². The van der Waals surface area contributed by atoms with Crippen molar-refractivity contribution >= 4 is 5.91 Å². The number of likely N-dealkylation sites (tertiary alicyclic amines) is 1. The molecule has 1 aromatic carbocycles. The van der Waals surface area contributed by atoms with Gasteiger partial charge < -0.3 is 10.6 Å². The molecule has 2 rings (SSSR count). The first-order valence-corrected chi connectivity index (χ1v) is 6.39. The summed E-state index contributed by atoms with van der Waals surface area (Å²) in [6.07, 6.45) is 4.51. The minimum Gasteiger partial charge on any atom is -0.334 e. The second-order valence-corrected chi connectivity index (χ2v) is 4.60. The zero-order valence-corrected chi connectivity index (χ0v) is 10.1. The molecule has 0 spiro atoms. The highest BCUT2D eigenvalue weighted by molar-refractivity contribution is 5.94. The van der Waals surface area contributed by atoms with Gasteiger partial charge in [-0.25, -0.2) is 0 Å². The van der Waals surface area contributed by atoms with E-state index in [2.05, 4.69) is 0 Å². The first-order valence-electron chi connectivity index (χ1n) is 6.39. The average Bonchev–Trinajstić information content (AvgIpc) is 2.64. The summed E-state index contributed by atoms with van der Waals surface area (Å²) < 4.78 is 0. The van der Waals surface area contributed by atoms with Crippen molar-refractivity contribution in [1.82, 2.24) is 4.90 Å². The molecule has 1 aliphatic rings. The van der Waals surface area contributed by atoms with Crippen molar-refractivity contribution in [3.8, 4) is 0 Å². The normalized spacial score (nSPS) is 21.0. The Hall–Kier alpha value is -1.35. The third-order valence-electron chi connectivity index (χ3n) is 3.43. The van der Waals surface area contributed by atoms with Crippen molar-refractivity contribution in [2.24, 2.45) is 5.73 Å². The molecule has 0 aromatic heterocycles. The Kier molecular flexibility index (Phi) is 4.15. The van der Waals surface area contributed by atoms with E-state index in [1.807, 2.05) is 35.2 Å². The molecule has 0 saturated carbocycles. The van der Waals surface area contributed by atoms with Crippen LogP contribution in [0.1, 0.15) is 36.0 Å². The van der Waals surface area contributed by atoms with E-state index in [1.165, 1.54) is 12.8 Å². The second kappa shape index (κ2) is 5.82. The smallest absolute Gasteiger partial charge is 0.254 e. The molecule has 1 aliphatic heterocycles. The van der Waals surface area contributed by atoms with E-state index < -0.39 is 0 Å². The molecule has 92 valence electrons. The summed E-state index contributed by atoms with van der Waals surface area (Å²) in [5.41, 5.74) is 6.56. The molecule has 1 amide bonds. The van der Waals surface area contributed by atoms with Gasteiger partial charge in [0.1, 0.15) is 0 Å². The van der Waals surface area contributed by atoms with Gasteiger partial charge in [-0.1, -0.05) is 31.0 Å². The van der Waals surface area contributed by atoms with Gasteiger partial charge in [-0.2, -0.15) is 0 Å². The molecule has 17 heavy (non-hydrogen) atoms. The quantitative estimate of drug-likeness (QED) is 0.848. The van der Waals surface area contributed by atoms with Gasteiger partial charge in [-0.15, -0.1) is 0 Å². The fourth-order valence-electron chi connectivity index (χ4n) is 2.44. The molecule has 1 heterocycles. The maximum atomic E-state index is 12.4. The molecule has 1 atom stereocenters. The third kappa shape index (κ3) is 2.86. The number of carbonyl (C=O) groups is 1. The van der Waals surface area contributed by atoms with E-state index in [9.17, 15) is 4.79 Å². The Bertz CT molecular complexity index is 364. The van der Waals surface area contributed by atoms with Crippen LogP contribution in [0.15, 0.2) is 30.3 Å². The van der Waals surface area contributed by atoms with Gasteiger partial charge >= 0.3 is 0 Å². The van der Waals surface area contributed by atoms with Crippen LogP contribution in [-0.4, -0.2) is 29.9 Å². The number of nitrogens with zero attached hydrogens (tertiary/aromatic N) is 1. The van der Waals surface area contributed by atoms with Gasteiger partial charge in [-0.05, 0) is 25.0 Å². The third-order valence-corrected chi connectivity index (χ3v) is 3.43. The largest absolute Gasteiger partial charge is 0.334 e. The number of nitrogens with two attached hydrogens (primary N) is 1. The number of carbonyl (C=O) groups excluding carboxylic acids is 1. The second-order valence-electron chi connectivity index (χ2n) is 4.60. The summed E-state index contributed by atoms with van der Waals surface area (Å²) in [4.78, 5) is 14.4. The van der Waals surface area contributed by atoms with Crippen molar-refractivity contribution in [1.29, 1.82) is 0 Å². The molecule has 1 fully saturated rings. The zero-order valence-electron chi connectivity index (χ0n) is 10.1. The number of hydrogen-bond acceptors (Lipinski definition) is 2. The van der Waals surface area contributed by atoms with E-state index in [1.54, 1.807) is 0 Å². The Morgan fingerprint density at radius 1 is 1.24 bits per heavy atom. The van der Waals surface area contributed by atoms with E-state index in [-0.39, 0.29) is 11.9 Å². The molecular weight excluding hydrogens is 212 g/mol. The molecular formula is C14H20N2O. The van der Waals surface area contributed by atoms with Gasteiger partial charge in [0.25, 0.3) is 5.91 Å². The fourth-order valence-corrected chi connectivity index (χ4v) is 2.44. The maximum Gasteiger partial charge on any atom is 0.254 e. The molecule has 1 unspecified atom stereocenters. The molecule has 1 saturated heterocycles. The van der Waals surface area contributed by atoms with Gasteiger partial charge in [-0.3, -0.25) is 4.79 Å². The van der Waals surface area contributed by atoms with Crippen LogP contribution in [0, 0.1) is 0 Å². The van der Waals surface area contributed by atoms with Gasteiger partial charge in [0.2, 0.25) is 0 Å². The van der Waals surface area contributed by atoms with E-state index in [0.717, 1.165) is 24.9 Å². The van der Waals surface area contributed by atoms with Gasteiger partial charge in [0.15, 0.2) is 0 Å². The lowest BCUT2D eigenvalue weighted by Gasteiger charge is -2.29. The number of amides is 1. The van der Waals surface area contributed by atoms with Crippen LogP contribution in [0.2, 0.25) is 0 Å². The highest BCUT2D eigenvalue weighted by atomic mass is 16.2. The van der Waals surface area contributed by atoms with Crippen LogP contribution in [0.3, 0.4) is 0 Å². The van der Waals surface area contributed by atoms with Crippen LogP contribution in [0.25, 0.3) is 0 Å². The predicted molar refractivity (Wildman–Crippen MR) is 68.8 cm³/mol. The first kappa shape index (κ1) is 12.1. The Balaban J connectivity index is 2.16. The summed E-state index contributed by atoms with van der Waals surface area (Å²) in [6.45, 7) is 1.41. The fraction of sp³-hybridized carbons (Fsp3) is 0.500. The summed E-state index contributed by atoms with van der Waals surface area (Å²) >= 11 is 0. The Morgan fingerprint density at radius 3 is 2.71 bits per heavy atom. The number of hydrogen-bond donors (Lipinski definition) is 1. The minimum atomic E-state index is 0.128. The topological polar surface area (TPSA) is 46.3 Å². The summed E-state index contributed by atoms with van der Waals surface area (Å²) in [5.74, 6) is 0.128. The Morgan fingerprint density at radius 2 is 2.00 bits per heavy atom. The number of rotatable bonds is 2. The molecule has 0 bridgehead atoms. The first-order chi connectivity index (χ1) is 8.33. The van der Waals surface area contributed by atoms with Crippen LogP contribution in [-0.2, 0) is 0 Å². The maximum absolute atomic E-state index is 12.4. The zero-order chi connectivity index (χ0) is 12.1. The summed E-state index contributed by atoms with van der Waals surface area (Å²) in [6, 6.07) is 9.71. The predicted octanol–water partition coefficient (Wildman–Crippen LogP) is 2.03. The SMILES string of the molecule is NCC1CCCCCN1C(=O)c1ccccc1. The van der Waals surface area contributed by atoms with Crippen molar-refractivity contribution in [2.75, 3.05) is 13.1 Å². The van der Waals surface area contributed by atoms with Gasteiger partial charge in [0.05, 0.1) is 0 Å². The highest BCUT2D eigenvalue weighted by Crippen LogP contribution is 2.18. The molecule has 2 N–H and O–H groups in total. The lowest BCUT2D eigenvalue weighted by atomic mass is 10.1. The van der Waals surface area contributed by atoms with E-state index in [4.69, 9.17) is 5.73 Å². The monoisotopic (exact) mass is 232 g/mol. The molecule has 3 nitrogen and oxygen atoms in total. The van der Waals surface area contributed by atoms with Crippen LogP contribution >= 0.6 is 0 Å². The van der Waals surface area contributed by atoms with Crippen LogP contribution < -0.4 is 5.73 Å². The van der Waals surface area contributed by atoms with E-state index >= 15 is 0 Å². The van der Waals surface area contributed by atoms with E-state index in [0.29, 0.717) is 6.54 Å². The minimum absolute atomic E-state index is 0.128. The molecule has 1 aromatic rings. The lowest BCUT2D eigenvalue weighted by Crippen LogP contribution is -2.44. The standard InChI is InChI=1S/C14H20N2O/c15-11-13-9-5-2-6-10-16(13)14(17)12-7-3-1-4-8-12/h1,3-4,7-8,13H,2,5-6,9-11,15H2. The van der Waals surface area contributed by atoms with Crippen molar-refractivity contribution < 1.29 is 4.79 Å². The highest BCUT2D eigenvalue weighted by Gasteiger charge is 2.24. The van der Waals surface area contributed by atoms with Crippen LogP contribution in [0.4, 0.5) is 0 Å². The van der Waals surface area contributed by atoms with Crippen LogP contribution in [0.5, 0.6) is 0 Å². The van der Waals surface area contributed by atoms with Crippen molar-refractivity contribution in [2.45, 2.75) is 31.7 Å². The lowest BCUT2D eigenvalue weighted by molar-refractivity contribution is 0.0689. The average molecular weight is 232 g/mol. The molecule has 0 radical (unpaired) electrons. The molecule has 3 heteroatoms. The number of benzene rings is 1. The summed E-state index contributed by atoms with van der Waals surface area (Å²) in [7, 11) is 0. The summed E-state index contributed by atoms with van der Waals surface area (Å²) in [5, 5.41) is 0. The van der Waals surface area contributed by atoms with Crippen molar-refractivity contribution in [3.05, 3.63) is 35.9 Å².